The number of nitrogens with two attached hydrogens (primary N) is 1. The number of hydrogen-bond acceptors (Lipinski definition) is 3. The SMILES string of the molecule is CCc1ccc(OCCN(C)c2ccccc2N)cc1. The molecule has 0 fully saturated rings. The molecule has 20 heavy (non-hydrogen) atoms. The van der Waals surface area contributed by atoms with Crippen LogP contribution in [-0.4, -0.2) is 20.2 Å². The van der Waals surface area contributed by atoms with Gasteiger partial charge in [-0.2, -0.15) is 0 Å². The van der Waals surface area contributed by atoms with Crippen LogP contribution in [0.4, 0.5) is 11.4 Å². The molecule has 0 amide bonds. The van der Waals surface area contributed by atoms with Gasteiger partial charge in [-0.1, -0.05) is 31.2 Å². The van der Waals surface area contributed by atoms with Crippen molar-refractivity contribution >= 4 is 11.4 Å². The number of anilines is 2. The summed E-state index contributed by atoms with van der Waals surface area (Å²) in [6, 6.07) is 16.1. The molecule has 0 heterocycles. The molecule has 0 radical (unpaired) electrons. The summed E-state index contributed by atoms with van der Waals surface area (Å²) in [5.74, 6) is 0.914. The first kappa shape index (κ1) is 14.3. The van der Waals surface area contributed by atoms with E-state index in [0.717, 1.165) is 30.1 Å². The summed E-state index contributed by atoms with van der Waals surface area (Å²) in [5, 5.41) is 0. The quantitative estimate of drug-likeness (QED) is 0.818. The Hall–Kier alpha value is -2.16. The van der Waals surface area contributed by atoms with Crippen molar-refractivity contribution in [1.29, 1.82) is 0 Å². The Morgan fingerprint density at radius 1 is 1.05 bits per heavy atom. The summed E-state index contributed by atoms with van der Waals surface area (Å²) in [4.78, 5) is 2.11. The fraction of sp³-hybridized carbons (Fsp3) is 0.294. The minimum absolute atomic E-state index is 0.635. The molecule has 0 aromatic heterocycles. The van der Waals surface area contributed by atoms with Gasteiger partial charge in [0.1, 0.15) is 12.4 Å². The van der Waals surface area contributed by atoms with Crippen molar-refractivity contribution in [3.8, 4) is 5.75 Å². The second-order valence-electron chi connectivity index (χ2n) is 4.83. The van der Waals surface area contributed by atoms with Crippen LogP contribution in [0.3, 0.4) is 0 Å². The highest BCUT2D eigenvalue weighted by atomic mass is 16.5. The van der Waals surface area contributed by atoms with Crippen molar-refractivity contribution in [2.24, 2.45) is 0 Å². The molecule has 0 saturated heterocycles. The number of rotatable bonds is 6. The fourth-order valence-electron chi connectivity index (χ4n) is 2.08. The van der Waals surface area contributed by atoms with Gasteiger partial charge in [0.2, 0.25) is 0 Å². The van der Waals surface area contributed by atoms with Gasteiger partial charge >= 0.3 is 0 Å². The first-order chi connectivity index (χ1) is 9.70. The van der Waals surface area contributed by atoms with E-state index in [4.69, 9.17) is 10.5 Å². The smallest absolute Gasteiger partial charge is 0.119 e. The van der Waals surface area contributed by atoms with Gasteiger partial charge in [0.05, 0.1) is 17.9 Å². The molecule has 0 aliphatic rings. The lowest BCUT2D eigenvalue weighted by Crippen LogP contribution is -2.24. The summed E-state index contributed by atoms with van der Waals surface area (Å²) in [6.45, 7) is 3.58. The minimum atomic E-state index is 0.635. The zero-order valence-corrected chi connectivity index (χ0v) is 12.2. The number of para-hydroxylation sites is 2. The van der Waals surface area contributed by atoms with Gasteiger partial charge in [-0.3, -0.25) is 0 Å². The molecule has 2 aromatic carbocycles. The second kappa shape index (κ2) is 6.85. The second-order valence-corrected chi connectivity index (χ2v) is 4.83. The normalized spacial score (nSPS) is 10.3. The maximum Gasteiger partial charge on any atom is 0.119 e. The lowest BCUT2D eigenvalue weighted by atomic mass is 10.2. The maximum atomic E-state index is 5.95. The molecule has 0 atom stereocenters. The molecular weight excluding hydrogens is 248 g/mol. The average Bonchev–Trinajstić information content (AvgIpc) is 2.48. The van der Waals surface area contributed by atoms with E-state index in [1.807, 2.05) is 43.4 Å². The zero-order chi connectivity index (χ0) is 14.4. The van der Waals surface area contributed by atoms with Gasteiger partial charge in [0.25, 0.3) is 0 Å². The Balaban J connectivity index is 1.84. The Bertz CT molecular complexity index is 537. The highest BCUT2D eigenvalue weighted by Gasteiger charge is 2.04. The van der Waals surface area contributed by atoms with E-state index in [-0.39, 0.29) is 0 Å². The molecule has 0 unspecified atom stereocenters. The molecule has 0 bridgehead atoms. The molecule has 3 heteroatoms. The van der Waals surface area contributed by atoms with E-state index in [1.165, 1.54) is 5.56 Å². The van der Waals surface area contributed by atoms with E-state index in [2.05, 4.69) is 24.0 Å². The molecule has 0 aliphatic carbocycles. The largest absolute Gasteiger partial charge is 0.492 e. The number of nitrogens with zero attached hydrogens (tertiary/aromatic N) is 1. The van der Waals surface area contributed by atoms with Crippen LogP contribution in [0.5, 0.6) is 5.75 Å². The van der Waals surface area contributed by atoms with Crippen LogP contribution in [0.15, 0.2) is 48.5 Å². The molecule has 2 N–H and O–H groups in total. The van der Waals surface area contributed by atoms with Crippen molar-refractivity contribution < 1.29 is 4.74 Å². The van der Waals surface area contributed by atoms with Gasteiger partial charge in [-0.15, -0.1) is 0 Å². The summed E-state index contributed by atoms with van der Waals surface area (Å²) < 4.78 is 5.76. The monoisotopic (exact) mass is 270 g/mol. The van der Waals surface area contributed by atoms with E-state index < -0.39 is 0 Å². The van der Waals surface area contributed by atoms with E-state index in [1.54, 1.807) is 0 Å². The molecule has 3 nitrogen and oxygen atoms in total. The number of nitrogen functional groups attached to an aromatic ring is 1. The molecule has 106 valence electrons. The van der Waals surface area contributed by atoms with Crippen molar-refractivity contribution in [2.75, 3.05) is 30.8 Å². The number of hydrogen-bond donors (Lipinski definition) is 1. The number of aryl methyl sites for hydroxylation is 1. The third kappa shape index (κ3) is 3.67. The van der Waals surface area contributed by atoms with Crippen LogP contribution >= 0.6 is 0 Å². The van der Waals surface area contributed by atoms with E-state index in [0.29, 0.717) is 6.61 Å². The predicted molar refractivity (Wildman–Crippen MR) is 85.4 cm³/mol. The fourth-order valence-corrected chi connectivity index (χ4v) is 2.08. The summed E-state index contributed by atoms with van der Waals surface area (Å²) >= 11 is 0. The van der Waals surface area contributed by atoms with Crippen molar-refractivity contribution in [1.82, 2.24) is 0 Å². The van der Waals surface area contributed by atoms with Crippen LogP contribution < -0.4 is 15.4 Å². The Morgan fingerprint density at radius 2 is 1.75 bits per heavy atom. The summed E-state index contributed by atoms with van der Waals surface area (Å²) in [6.07, 6.45) is 1.05. The number of ether oxygens (including phenoxy) is 1. The Morgan fingerprint density at radius 3 is 2.40 bits per heavy atom. The first-order valence-corrected chi connectivity index (χ1v) is 6.98. The molecule has 2 aromatic rings. The van der Waals surface area contributed by atoms with Gasteiger partial charge in [-0.05, 0) is 36.2 Å². The summed E-state index contributed by atoms with van der Waals surface area (Å²) in [7, 11) is 2.02. The van der Waals surface area contributed by atoms with Crippen LogP contribution in [0.2, 0.25) is 0 Å². The zero-order valence-electron chi connectivity index (χ0n) is 12.2. The van der Waals surface area contributed by atoms with Crippen LogP contribution in [-0.2, 0) is 6.42 Å². The van der Waals surface area contributed by atoms with Gasteiger partial charge in [-0.25, -0.2) is 0 Å². The topological polar surface area (TPSA) is 38.5 Å². The Labute approximate surface area is 121 Å². The minimum Gasteiger partial charge on any atom is -0.492 e. The summed E-state index contributed by atoms with van der Waals surface area (Å²) in [5.41, 5.74) is 9.11. The van der Waals surface area contributed by atoms with E-state index >= 15 is 0 Å². The van der Waals surface area contributed by atoms with E-state index in [9.17, 15) is 0 Å². The number of benzene rings is 2. The third-order valence-corrected chi connectivity index (χ3v) is 3.38. The predicted octanol–water partition coefficient (Wildman–Crippen LogP) is 3.35. The van der Waals surface area contributed by atoms with Crippen LogP contribution in [0, 0.1) is 0 Å². The van der Waals surface area contributed by atoms with Crippen molar-refractivity contribution in [3.63, 3.8) is 0 Å². The first-order valence-electron chi connectivity index (χ1n) is 6.98. The van der Waals surface area contributed by atoms with Gasteiger partial charge in [0.15, 0.2) is 0 Å². The highest BCUT2D eigenvalue weighted by molar-refractivity contribution is 5.66. The molecule has 0 spiro atoms. The standard InChI is InChI=1S/C17H22N2O/c1-3-14-8-10-15(11-9-14)20-13-12-19(2)17-7-5-4-6-16(17)18/h4-11H,3,12-13,18H2,1-2H3. The lowest BCUT2D eigenvalue weighted by molar-refractivity contribution is 0.326. The van der Waals surface area contributed by atoms with Crippen molar-refractivity contribution in [2.45, 2.75) is 13.3 Å². The molecule has 2 rings (SSSR count). The maximum absolute atomic E-state index is 5.95. The highest BCUT2D eigenvalue weighted by Crippen LogP contribution is 2.20. The number of likely N-dealkylation sites (N-methyl/N-ethyl adjacent to an activating group) is 1. The Kier molecular flexibility index (Phi) is 4.88. The lowest BCUT2D eigenvalue weighted by Gasteiger charge is -2.21. The molecule has 0 aliphatic heterocycles. The van der Waals surface area contributed by atoms with Gasteiger partial charge in [0, 0.05) is 7.05 Å². The third-order valence-electron chi connectivity index (χ3n) is 3.38. The van der Waals surface area contributed by atoms with Crippen molar-refractivity contribution in [3.05, 3.63) is 54.1 Å². The average molecular weight is 270 g/mol. The van der Waals surface area contributed by atoms with Crippen LogP contribution in [0.1, 0.15) is 12.5 Å². The van der Waals surface area contributed by atoms with Crippen LogP contribution in [0.25, 0.3) is 0 Å². The molecular formula is C17H22N2O. The van der Waals surface area contributed by atoms with Gasteiger partial charge < -0.3 is 15.4 Å². The molecule has 0 saturated carbocycles.